The maximum atomic E-state index is 13.7. The van der Waals surface area contributed by atoms with E-state index < -0.39 is 15.8 Å². The van der Waals surface area contributed by atoms with E-state index in [4.69, 9.17) is 4.74 Å². The van der Waals surface area contributed by atoms with Gasteiger partial charge in [-0.05, 0) is 30.2 Å². The summed E-state index contributed by atoms with van der Waals surface area (Å²) in [7, 11) is -3.78. The highest BCUT2D eigenvalue weighted by atomic mass is 35.5. The van der Waals surface area contributed by atoms with E-state index in [0.717, 1.165) is 19.2 Å². The Morgan fingerprint density at radius 2 is 1.69 bits per heavy atom. The van der Waals surface area contributed by atoms with Gasteiger partial charge in [-0.2, -0.15) is 4.31 Å². The van der Waals surface area contributed by atoms with Gasteiger partial charge in [-0.3, -0.25) is 14.6 Å². The monoisotopic (exact) mass is 547 g/mol. The number of aryl methyl sites for hydroxylation is 1. The van der Waals surface area contributed by atoms with Gasteiger partial charge in [0.05, 0.1) is 10.9 Å². The van der Waals surface area contributed by atoms with E-state index in [-0.39, 0.29) is 47.8 Å². The fraction of sp³-hybridized carbons (Fsp3) is 0.458. The molecule has 0 N–H and O–H groups in total. The fourth-order valence-corrected chi connectivity index (χ4v) is 6.41. The van der Waals surface area contributed by atoms with Gasteiger partial charge in [0.1, 0.15) is 11.9 Å². The average Bonchev–Trinajstić information content (AvgIpc) is 3.17. The van der Waals surface area contributed by atoms with Gasteiger partial charge >= 0.3 is 5.97 Å². The molecule has 35 heavy (non-hydrogen) atoms. The lowest BCUT2D eigenvalue weighted by atomic mass is 10.1. The van der Waals surface area contributed by atoms with Gasteiger partial charge in [-0.15, -0.1) is 24.8 Å². The maximum Gasteiger partial charge on any atom is 0.303 e. The maximum absolute atomic E-state index is 13.7. The topological polar surface area (TPSA) is 70.2 Å². The molecule has 0 radical (unpaired) electrons. The summed E-state index contributed by atoms with van der Waals surface area (Å²) < 4.78 is 47.0. The molecule has 7 nitrogen and oxygen atoms in total. The Balaban J connectivity index is 0.00000216. The van der Waals surface area contributed by atoms with Crippen molar-refractivity contribution < 1.29 is 22.3 Å². The molecule has 2 aliphatic heterocycles. The van der Waals surface area contributed by atoms with Gasteiger partial charge < -0.3 is 4.74 Å². The molecule has 2 unspecified atom stereocenters. The zero-order valence-corrected chi connectivity index (χ0v) is 22.3. The van der Waals surface area contributed by atoms with Crippen LogP contribution in [-0.2, 0) is 26.1 Å². The molecule has 2 heterocycles. The predicted molar refractivity (Wildman–Crippen MR) is 137 cm³/mol. The van der Waals surface area contributed by atoms with Crippen LogP contribution in [0.15, 0.2) is 53.4 Å². The Hall–Kier alpha value is -1.75. The first kappa shape index (κ1) is 29.5. The van der Waals surface area contributed by atoms with Gasteiger partial charge in [0.15, 0.2) is 0 Å². The second-order valence-corrected chi connectivity index (χ2v) is 10.7. The van der Waals surface area contributed by atoms with E-state index in [1.54, 1.807) is 6.92 Å². The number of rotatable bonds is 6. The summed E-state index contributed by atoms with van der Waals surface area (Å²) >= 11 is 0. The lowest BCUT2D eigenvalue weighted by molar-refractivity contribution is -0.148. The summed E-state index contributed by atoms with van der Waals surface area (Å²) in [6.07, 6.45) is -0.264. The van der Waals surface area contributed by atoms with E-state index in [0.29, 0.717) is 38.3 Å². The van der Waals surface area contributed by atoms with Crippen molar-refractivity contribution in [3.8, 4) is 0 Å². The van der Waals surface area contributed by atoms with Gasteiger partial charge in [-0.25, -0.2) is 12.8 Å². The highest BCUT2D eigenvalue weighted by molar-refractivity contribution is 7.89. The summed E-state index contributed by atoms with van der Waals surface area (Å²) in [6.45, 7) is 6.89. The standard InChI is InChI=1S/C24H30FN3O4S.2ClH/c1-18-8-9-21(25)14-24(18)33(30,31)28-12-10-27(11-13-28)22-16-26(17-23(22)32-19(2)29)15-20-6-4-3-5-7-20;;/h3-9,14,22-23H,10-13,15-17H2,1-2H3;2*1H. The predicted octanol–water partition coefficient (Wildman–Crippen LogP) is 3.10. The average molecular weight is 549 g/mol. The van der Waals surface area contributed by atoms with Crippen LogP contribution in [0.1, 0.15) is 18.1 Å². The second kappa shape index (κ2) is 12.5. The number of benzene rings is 2. The Kier molecular flexibility index (Phi) is 10.5. The minimum atomic E-state index is -3.78. The molecule has 0 amide bonds. The van der Waals surface area contributed by atoms with Gasteiger partial charge in [-0.1, -0.05) is 36.4 Å². The van der Waals surface area contributed by atoms with Gasteiger partial charge in [0, 0.05) is 52.7 Å². The van der Waals surface area contributed by atoms with Crippen molar-refractivity contribution in [2.75, 3.05) is 39.3 Å². The number of likely N-dealkylation sites (tertiary alicyclic amines) is 1. The highest BCUT2D eigenvalue weighted by Gasteiger charge is 2.41. The first-order valence-corrected chi connectivity index (χ1v) is 12.6. The number of piperazine rings is 1. The number of sulfonamides is 1. The first-order valence-electron chi connectivity index (χ1n) is 11.2. The summed E-state index contributed by atoms with van der Waals surface area (Å²) in [6, 6.07) is 14.0. The van der Waals surface area contributed by atoms with E-state index in [1.165, 1.54) is 28.9 Å². The number of halogens is 3. The third kappa shape index (κ3) is 6.93. The number of ether oxygens (including phenoxy) is 1. The van der Waals surface area contributed by atoms with Crippen LogP contribution < -0.4 is 0 Å². The van der Waals surface area contributed by atoms with E-state index in [2.05, 4.69) is 21.9 Å². The molecule has 0 aromatic heterocycles. The minimum Gasteiger partial charge on any atom is -0.459 e. The zero-order valence-electron chi connectivity index (χ0n) is 19.8. The highest BCUT2D eigenvalue weighted by Crippen LogP contribution is 2.26. The molecule has 0 saturated carbocycles. The van der Waals surface area contributed by atoms with Gasteiger partial charge in [0.2, 0.25) is 10.0 Å². The third-order valence-electron chi connectivity index (χ3n) is 6.39. The quantitative estimate of drug-likeness (QED) is 0.517. The summed E-state index contributed by atoms with van der Waals surface area (Å²) in [5.41, 5.74) is 1.72. The van der Waals surface area contributed by atoms with Crippen LogP contribution in [0.5, 0.6) is 0 Å². The molecule has 194 valence electrons. The Morgan fingerprint density at radius 3 is 2.31 bits per heavy atom. The van der Waals surface area contributed by atoms with Crippen molar-refractivity contribution in [2.45, 2.75) is 37.4 Å². The van der Waals surface area contributed by atoms with Crippen LogP contribution >= 0.6 is 24.8 Å². The smallest absolute Gasteiger partial charge is 0.303 e. The molecular formula is C24H32Cl2FN3O4S. The molecule has 2 saturated heterocycles. The SMILES string of the molecule is CC(=O)OC1CN(Cc2ccccc2)CC1N1CCN(S(=O)(=O)c2cc(F)ccc2C)CC1.Cl.Cl. The van der Waals surface area contributed by atoms with E-state index in [1.807, 2.05) is 18.2 Å². The molecule has 2 atom stereocenters. The molecule has 0 aliphatic carbocycles. The molecule has 0 spiro atoms. The lowest BCUT2D eigenvalue weighted by Gasteiger charge is -2.38. The Morgan fingerprint density at radius 1 is 1.03 bits per heavy atom. The number of carbonyl (C=O) groups excluding carboxylic acids is 1. The zero-order chi connectivity index (χ0) is 23.6. The molecule has 2 aromatic rings. The number of esters is 1. The number of hydrogen-bond donors (Lipinski definition) is 0. The molecule has 0 bridgehead atoms. The molecule has 11 heteroatoms. The molecule has 4 rings (SSSR count). The van der Waals surface area contributed by atoms with E-state index >= 15 is 0 Å². The third-order valence-corrected chi connectivity index (χ3v) is 8.43. The minimum absolute atomic E-state index is 0. The fourth-order valence-electron chi connectivity index (χ4n) is 4.75. The van der Waals surface area contributed by atoms with Crippen LogP contribution in [0.25, 0.3) is 0 Å². The van der Waals surface area contributed by atoms with E-state index in [9.17, 15) is 17.6 Å². The normalized spacial score (nSPS) is 21.7. The van der Waals surface area contributed by atoms with Crippen LogP contribution in [0.3, 0.4) is 0 Å². The molecule has 2 aromatic carbocycles. The van der Waals surface area contributed by atoms with Crippen LogP contribution in [0, 0.1) is 12.7 Å². The first-order chi connectivity index (χ1) is 15.7. The summed E-state index contributed by atoms with van der Waals surface area (Å²) in [4.78, 5) is 16.2. The van der Waals surface area contributed by atoms with Crippen LogP contribution in [-0.4, -0.2) is 79.9 Å². The van der Waals surface area contributed by atoms with Crippen molar-refractivity contribution in [1.82, 2.24) is 14.1 Å². The Bertz CT molecular complexity index is 1100. The summed E-state index contributed by atoms with van der Waals surface area (Å²) in [5, 5.41) is 0. The molecular weight excluding hydrogens is 516 g/mol. The lowest BCUT2D eigenvalue weighted by Crippen LogP contribution is -2.55. The van der Waals surface area contributed by atoms with Crippen LogP contribution in [0.4, 0.5) is 4.39 Å². The van der Waals surface area contributed by atoms with Crippen LogP contribution in [0.2, 0.25) is 0 Å². The summed E-state index contributed by atoms with van der Waals surface area (Å²) in [5.74, 6) is -0.874. The van der Waals surface area contributed by atoms with Crippen molar-refractivity contribution in [3.63, 3.8) is 0 Å². The number of hydrogen-bond acceptors (Lipinski definition) is 6. The van der Waals surface area contributed by atoms with Crippen molar-refractivity contribution >= 4 is 40.8 Å². The van der Waals surface area contributed by atoms with Crippen molar-refractivity contribution in [2.24, 2.45) is 0 Å². The number of carbonyl (C=O) groups is 1. The second-order valence-electron chi connectivity index (χ2n) is 8.74. The number of nitrogens with zero attached hydrogens (tertiary/aromatic N) is 3. The largest absolute Gasteiger partial charge is 0.459 e. The van der Waals surface area contributed by atoms with Crippen molar-refractivity contribution in [3.05, 3.63) is 65.5 Å². The molecule has 2 aliphatic rings. The van der Waals surface area contributed by atoms with Crippen molar-refractivity contribution in [1.29, 1.82) is 0 Å². The Labute approximate surface area is 219 Å². The van der Waals surface area contributed by atoms with Gasteiger partial charge in [0.25, 0.3) is 0 Å². The molecule has 2 fully saturated rings.